The summed E-state index contributed by atoms with van der Waals surface area (Å²) < 4.78 is 24.5. The molecule has 0 radical (unpaired) electrons. The summed E-state index contributed by atoms with van der Waals surface area (Å²) in [6.45, 7) is 0.637. The van der Waals surface area contributed by atoms with Gasteiger partial charge in [0.1, 0.15) is 17.7 Å². The van der Waals surface area contributed by atoms with Gasteiger partial charge < -0.3 is 9.47 Å². The quantitative estimate of drug-likeness (QED) is 0.820. The van der Waals surface area contributed by atoms with E-state index in [0.29, 0.717) is 12.4 Å². The van der Waals surface area contributed by atoms with E-state index in [1.54, 1.807) is 12.1 Å². The van der Waals surface area contributed by atoms with Crippen molar-refractivity contribution in [3.05, 3.63) is 66.0 Å². The molecule has 20 heavy (non-hydrogen) atoms. The molecule has 0 N–H and O–H groups in total. The van der Waals surface area contributed by atoms with E-state index in [9.17, 15) is 4.39 Å². The number of hydrogen-bond acceptors (Lipinski definition) is 2. The average Bonchev–Trinajstić information content (AvgIpc) is 2.42. The zero-order valence-electron chi connectivity index (χ0n) is 11.2. The maximum atomic E-state index is 13.0. The molecule has 0 aromatic heterocycles. The maximum Gasteiger partial charge on any atom is 0.126 e. The molecule has 2 aromatic rings. The summed E-state index contributed by atoms with van der Waals surface area (Å²) >= 11 is 0. The second-order valence-corrected chi connectivity index (χ2v) is 5.09. The van der Waals surface area contributed by atoms with Crippen LogP contribution in [0.1, 0.15) is 18.4 Å². The minimum atomic E-state index is -0.265. The van der Waals surface area contributed by atoms with Crippen LogP contribution >= 0.6 is 0 Å². The Labute approximate surface area is 118 Å². The van der Waals surface area contributed by atoms with Gasteiger partial charge in [0.05, 0.1) is 12.7 Å². The molecule has 1 aliphatic rings. The van der Waals surface area contributed by atoms with E-state index in [1.807, 2.05) is 18.2 Å². The molecule has 3 rings (SSSR count). The minimum Gasteiger partial charge on any atom is -0.490 e. The smallest absolute Gasteiger partial charge is 0.126 e. The lowest BCUT2D eigenvalue weighted by atomic mass is 9.92. The Balaban J connectivity index is 1.41. The molecule has 0 bridgehead atoms. The van der Waals surface area contributed by atoms with E-state index in [1.165, 1.54) is 17.7 Å². The number of ether oxygens (including phenoxy) is 2. The monoisotopic (exact) mass is 272 g/mol. The Kier molecular flexibility index (Phi) is 3.97. The van der Waals surface area contributed by atoms with Crippen LogP contribution in [0, 0.1) is 5.82 Å². The van der Waals surface area contributed by atoms with Crippen molar-refractivity contribution in [2.45, 2.75) is 31.7 Å². The fourth-order valence-corrected chi connectivity index (χ4v) is 2.27. The van der Waals surface area contributed by atoms with Gasteiger partial charge in [-0.1, -0.05) is 36.4 Å². The van der Waals surface area contributed by atoms with Gasteiger partial charge in [0.2, 0.25) is 0 Å². The molecule has 1 saturated carbocycles. The zero-order valence-corrected chi connectivity index (χ0v) is 11.2. The molecule has 2 nitrogen and oxygen atoms in total. The number of halogens is 1. The molecule has 0 unspecified atom stereocenters. The summed E-state index contributed by atoms with van der Waals surface area (Å²) in [6, 6.07) is 16.4. The van der Waals surface area contributed by atoms with Crippen LogP contribution < -0.4 is 4.74 Å². The first-order chi connectivity index (χ1) is 9.79. The molecule has 1 aliphatic carbocycles. The van der Waals surface area contributed by atoms with Crippen LogP contribution in [0.4, 0.5) is 4.39 Å². The van der Waals surface area contributed by atoms with Crippen molar-refractivity contribution in [2.24, 2.45) is 0 Å². The van der Waals surface area contributed by atoms with Crippen molar-refractivity contribution in [1.29, 1.82) is 0 Å². The third-order valence-corrected chi connectivity index (χ3v) is 3.48. The Morgan fingerprint density at radius 2 is 1.75 bits per heavy atom. The normalized spacial score (nSPS) is 21.2. The molecule has 104 valence electrons. The largest absolute Gasteiger partial charge is 0.490 e. The molecule has 2 aromatic carbocycles. The van der Waals surface area contributed by atoms with Crippen LogP contribution in [0.15, 0.2) is 54.6 Å². The Bertz CT molecular complexity index is 550. The highest BCUT2D eigenvalue weighted by atomic mass is 19.1. The lowest BCUT2D eigenvalue weighted by Crippen LogP contribution is -2.39. The Morgan fingerprint density at radius 3 is 2.50 bits per heavy atom. The molecule has 0 saturated heterocycles. The van der Waals surface area contributed by atoms with Crippen LogP contribution in [0.2, 0.25) is 0 Å². The molecule has 0 heterocycles. The highest BCUT2D eigenvalue weighted by Gasteiger charge is 2.31. The molecule has 0 spiro atoms. The summed E-state index contributed by atoms with van der Waals surface area (Å²) in [7, 11) is 0. The fraction of sp³-hybridized carbons (Fsp3) is 0.294. The molecule has 0 atom stereocenters. The topological polar surface area (TPSA) is 18.5 Å². The van der Waals surface area contributed by atoms with E-state index < -0.39 is 0 Å². The molecule has 3 heteroatoms. The number of rotatable bonds is 5. The first-order valence-electron chi connectivity index (χ1n) is 6.87. The van der Waals surface area contributed by atoms with Gasteiger partial charge in [0, 0.05) is 18.9 Å². The van der Waals surface area contributed by atoms with Crippen LogP contribution in [-0.2, 0) is 11.3 Å². The fourth-order valence-electron chi connectivity index (χ4n) is 2.27. The lowest BCUT2D eigenvalue weighted by molar-refractivity contribution is -0.0684. The maximum absolute atomic E-state index is 13.0. The molecular formula is C17H17FO2. The summed E-state index contributed by atoms with van der Waals surface area (Å²) in [5.41, 5.74) is 1.18. The van der Waals surface area contributed by atoms with Gasteiger partial charge in [-0.05, 0) is 17.7 Å². The lowest BCUT2D eigenvalue weighted by Gasteiger charge is -2.35. The van der Waals surface area contributed by atoms with Crippen molar-refractivity contribution in [1.82, 2.24) is 0 Å². The third-order valence-electron chi connectivity index (χ3n) is 3.48. The van der Waals surface area contributed by atoms with Crippen LogP contribution in [-0.4, -0.2) is 12.2 Å². The van der Waals surface area contributed by atoms with E-state index in [4.69, 9.17) is 9.47 Å². The highest BCUT2D eigenvalue weighted by Crippen LogP contribution is 2.29. The van der Waals surface area contributed by atoms with Gasteiger partial charge in [-0.15, -0.1) is 0 Å². The predicted molar refractivity (Wildman–Crippen MR) is 75.1 cm³/mol. The van der Waals surface area contributed by atoms with Gasteiger partial charge in [-0.25, -0.2) is 4.39 Å². The van der Waals surface area contributed by atoms with Crippen molar-refractivity contribution in [2.75, 3.05) is 0 Å². The first-order valence-corrected chi connectivity index (χ1v) is 6.87. The number of benzene rings is 2. The van der Waals surface area contributed by atoms with Gasteiger partial charge in [0.25, 0.3) is 0 Å². The van der Waals surface area contributed by atoms with Crippen LogP contribution in [0.25, 0.3) is 0 Å². The van der Waals surface area contributed by atoms with Gasteiger partial charge >= 0.3 is 0 Å². The van der Waals surface area contributed by atoms with E-state index in [2.05, 4.69) is 12.1 Å². The Morgan fingerprint density at radius 1 is 0.950 bits per heavy atom. The SMILES string of the molecule is Fc1cccc(OC2CC(OCc3ccccc3)C2)c1. The second-order valence-electron chi connectivity index (χ2n) is 5.09. The highest BCUT2D eigenvalue weighted by molar-refractivity contribution is 5.23. The standard InChI is InChI=1S/C17H17FO2/c18-14-7-4-8-15(9-14)20-17-10-16(11-17)19-12-13-5-2-1-3-6-13/h1-9,16-17H,10-12H2. The second kappa shape index (κ2) is 6.06. The predicted octanol–water partition coefficient (Wildman–Crippen LogP) is 3.95. The van der Waals surface area contributed by atoms with Crippen molar-refractivity contribution < 1.29 is 13.9 Å². The molecule has 0 aliphatic heterocycles. The Hall–Kier alpha value is -1.87. The van der Waals surface area contributed by atoms with Crippen LogP contribution in [0.3, 0.4) is 0 Å². The minimum absolute atomic E-state index is 0.137. The van der Waals surface area contributed by atoms with Gasteiger partial charge in [0.15, 0.2) is 0 Å². The molecular weight excluding hydrogens is 255 g/mol. The van der Waals surface area contributed by atoms with Crippen LogP contribution in [0.5, 0.6) is 5.75 Å². The molecule has 0 amide bonds. The van der Waals surface area contributed by atoms with Crippen molar-refractivity contribution in [3.63, 3.8) is 0 Å². The first kappa shape index (κ1) is 13.1. The van der Waals surface area contributed by atoms with Crippen molar-refractivity contribution in [3.8, 4) is 5.75 Å². The summed E-state index contributed by atoms with van der Waals surface area (Å²) in [4.78, 5) is 0. The van der Waals surface area contributed by atoms with Gasteiger partial charge in [-0.3, -0.25) is 0 Å². The van der Waals surface area contributed by atoms with E-state index in [0.717, 1.165) is 12.8 Å². The average molecular weight is 272 g/mol. The summed E-state index contributed by atoms with van der Waals surface area (Å²) in [5, 5.41) is 0. The van der Waals surface area contributed by atoms with Crippen molar-refractivity contribution >= 4 is 0 Å². The summed E-state index contributed by atoms with van der Waals surface area (Å²) in [5.74, 6) is 0.329. The van der Waals surface area contributed by atoms with Gasteiger partial charge in [-0.2, -0.15) is 0 Å². The number of hydrogen-bond donors (Lipinski definition) is 0. The zero-order chi connectivity index (χ0) is 13.8. The third kappa shape index (κ3) is 3.36. The summed E-state index contributed by atoms with van der Waals surface area (Å²) in [6.07, 6.45) is 2.11. The molecule has 1 fully saturated rings. The van der Waals surface area contributed by atoms with E-state index in [-0.39, 0.29) is 18.0 Å². The van der Waals surface area contributed by atoms with E-state index >= 15 is 0 Å².